The van der Waals surface area contributed by atoms with Gasteiger partial charge in [-0.2, -0.15) is 0 Å². The number of amides is 4. The lowest BCUT2D eigenvalue weighted by molar-refractivity contribution is -0.139. The molecule has 2 heterocycles. The number of benzene rings is 1. The third-order valence-corrected chi connectivity index (χ3v) is 5.13. The molecule has 0 unspecified atom stereocenters. The van der Waals surface area contributed by atoms with Crippen molar-refractivity contribution in [2.24, 2.45) is 0 Å². The van der Waals surface area contributed by atoms with E-state index in [1.165, 1.54) is 4.90 Å². The molecule has 4 amide bonds. The molecule has 2 aliphatic rings. The average molecular weight is 386 g/mol. The standard InChI is InChI=1S/C20H26N4O4/c25-17(21-14-16-4-2-1-3-5-16)15-22-10-12-23(13-11-22)18(26)8-9-24-19(27)6-7-20(24)28/h1-5H,6-15H2,(H,21,25). The van der Waals surface area contributed by atoms with Gasteiger partial charge in [-0.3, -0.25) is 29.0 Å². The predicted octanol–water partition coefficient (Wildman–Crippen LogP) is -0.0139. The average Bonchev–Trinajstić information content (AvgIpc) is 3.03. The van der Waals surface area contributed by atoms with E-state index in [0.717, 1.165) is 5.56 Å². The first kappa shape index (κ1) is 20.0. The molecular weight excluding hydrogens is 360 g/mol. The summed E-state index contributed by atoms with van der Waals surface area (Å²) in [6.07, 6.45) is 0.658. The van der Waals surface area contributed by atoms with Crippen molar-refractivity contribution in [3.63, 3.8) is 0 Å². The van der Waals surface area contributed by atoms with Crippen LogP contribution in [-0.4, -0.2) is 77.6 Å². The highest BCUT2D eigenvalue weighted by Gasteiger charge is 2.30. The number of carbonyl (C=O) groups is 4. The molecule has 0 spiro atoms. The molecular formula is C20H26N4O4. The summed E-state index contributed by atoms with van der Waals surface area (Å²) < 4.78 is 0. The lowest BCUT2D eigenvalue weighted by Crippen LogP contribution is -2.51. The summed E-state index contributed by atoms with van der Waals surface area (Å²) in [5, 5.41) is 2.91. The van der Waals surface area contributed by atoms with Crippen molar-refractivity contribution in [3.05, 3.63) is 35.9 Å². The molecule has 8 heteroatoms. The minimum atomic E-state index is -0.191. The van der Waals surface area contributed by atoms with Gasteiger partial charge in [0.05, 0.1) is 6.54 Å². The number of carbonyl (C=O) groups excluding carboxylic acids is 4. The van der Waals surface area contributed by atoms with Crippen LogP contribution >= 0.6 is 0 Å². The first-order chi connectivity index (χ1) is 13.5. The maximum Gasteiger partial charge on any atom is 0.234 e. The van der Waals surface area contributed by atoms with Crippen molar-refractivity contribution in [2.75, 3.05) is 39.3 Å². The van der Waals surface area contributed by atoms with E-state index in [2.05, 4.69) is 5.32 Å². The maximum absolute atomic E-state index is 12.3. The first-order valence-corrected chi connectivity index (χ1v) is 9.67. The van der Waals surface area contributed by atoms with Gasteiger partial charge in [0, 0.05) is 58.5 Å². The van der Waals surface area contributed by atoms with Crippen LogP contribution in [0.5, 0.6) is 0 Å². The molecule has 2 saturated heterocycles. The summed E-state index contributed by atoms with van der Waals surface area (Å²) in [5.74, 6) is -0.469. The largest absolute Gasteiger partial charge is 0.351 e. The van der Waals surface area contributed by atoms with Crippen LogP contribution in [0, 0.1) is 0 Å². The van der Waals surface area contributed by atoms with Crippen LogP contribution in [0.25, 0.3) is 0 Å². The molecule has 3 rings (SSSR count). The van der Waals surface area contributed by atoms with Crippen LogP contribution in [0.3, 0.4) is 0 Å². The molecule has 1 aromatic carbocycles. The van der Waals surface area contributed by atoms with E-state index in [1.807, 2.05) is 35.2 Å². The van der Waals surface area contributed by atoms with Gasteiger partial charge in [-0.25, -0.2) is 0 Å². The van der Waals surface area contributed by atoms with E-state index >= 15 is 0 Å². The number of rotatable bonds is 7. The van der Waals surface area contributed by atoms with Crippen LogP contribution in [0.1, 0.15) is 24.8 Å². The number of likely N-dealkylation sites (tertiary alicyclic amines) is 1. The number of nitrogens with zero attached hydrogens (tertiary/aromatic N) is 3. The minimum absolute atomic E-state index is 0.0327. The monoisotopic (exact) mass is 386 g/mol. The van der Waals surface area contributed by atoms with Crippen molar-refractivity contribution in [2.45, 2.75) is 25.8 Å². The fraction of sp³-hybridized carbons (Fsp3) is 0.500. The Morgan fingerprint density at radius 3 is 2.21 bits per heavy atom. The Morgan fingerprint density at radius 2 is 1.57 bits per heavy atom. The lowest BCUT2D eigenvalue weighted by Gasteiger charge is -2.34. The van der Waals surface area contributed by atoms with Crippen molar-refractivity contribution >= 4 is 23.6 Å². The second kappa shape index (κ2) is 9.45. The van der Waals surface area contributed by atoms with E-state index in [0.29, 0.717) is 39.3 Å². The molecule has 0 saturated carbocycles. The zero-order chi connectivity index (χ0) is 19.9. The number of imide groups is 1. The van der Waals surface area contributed by atoms with Gasteiger partial charge in [0.2, 0.25) is 23.6 Å². The Kier molecular flexibility index (Phi) is 6.76. The maximum atomic E-state index is 12.3. The summed E-state index contributed by atoms with van der Waals surface area (Å²) in [4.78, 5) is 52.6. The lowest BCUT2D eigenvalue weighted by atomic mass is 10.2. The Morgan fingerprint density at radius 1 is 0.929 bits per heavy atom. The van der Waals surface area contributed by atoms with Crippen molar-refractivity contribution in [3.8, 4) is 0 Å². The molecule has 0 radical (unpaired) electrons. The van der Waals surface area contributed by atoms with E-state index in [1.54, 1.807) is 4.90 Å². The van der Waals surface area contributed by atoms with Gasteiger partial charge in [0.15, 0.2) is 0 Å². The number of piperazine rings is 1. The molecule has 0 bridgehead atoms. The van der Waals surface area contributed by atoms with E-state index in [9.17, 15) is 19.2 Å². The van der Waals surface area contributed by atoms with Gasteiger partial charge >= 0.3 is 0 Å². The SMILES string of the molecule is O=C(CN1CCN(C(=O)CCN2C(=O)CCC2=O)CC1)NCc1ccccc1. The number of hydrogen-bond acceptors (Lipinski definition) is 5. The topological polar surface area (TPSA) is 90.0 Å². The van der Waals surface area contributed by atoms with Crippen LogP contribution in [-0.2, 0) is 25.7 Å². The second-order valence-corrected chi connectivity index (χ2v) is 7.11. The fourth-order valence-corrected chi connectivity index (χ4v) is 3.45. The van der Waals surface area contributed by atoms with Gasteiger partial charge in [-0.15, -0.1) is 0 Å². The van der Waals surface area contributed by atoms with Crippen LogP contribution in [0.15, 0.2) is 30.3 Å². The minimum Gasteiger partial charge on any atom is -0.351 e. The van der Waals surface area contributed by atoms with Gasteiger partial charge < -0.3 is 10.2 Å². The number of nitrogens with one attached hydrogen (secondary N) is 1. The van der Waals surface area contributed by atoms with Crippen molar-refractivity contribution in [1.82, 2.24) is 20.0 Å². The summed E-state index contributed by atoms with van der Waals surface area (Å²) in [6.45, 7) is 3.34. The van der Waals surface area contributed by atoms with E-state index in [-0.39, 0.29) is 49.4 Å². The number of hydrogen-bond donors (Lipinski definition) is 1. The predicted molar refractivity (Wildman–Crippen MR) is 102 cm³/mol. The normalized spacial score (nSPS) is 17.9. The van der Waals surface area contributed by atoms with Crippen molar-refractivity contribution in [1.29, 1.82) is 0 Å². The highest BCUT2D eigenvalue weighted by molar-refractivity contribution is 6.02. The smallest absolute Gasteiger partial charge is 0.234 e. The van der Waals surface area contributed by atoms with Crippen LogP contribution in [0.4, 0.5) is 0 Å². The first-order valence-electron chi connectivity index (χ1n) is 9.67. The third-order valence-electron chi connectivity index (χ3n) is 5.13. The molecule has 0 aromatic heterocycles. The quantitative estimate of drug-likeness (QED) is 0.666. The second-order valence-electron chi connectivity index (χ2n) is 7.11. The summed E-state index contributed by atoms with van der Waals surface area (Å²) in [6, 6.07) is 9.75. The molecule has 2 aliphatic heterocycles. The Bertz CT molecular complexity index is 713. The Hall–Kier alpha value is -2.74. The highest BCUT2D eigenvalue weighted by atomic mass is 16.2. The van der Waals surface area contributed by atoms with E-state index in [4.69, 9.17) is 0 Å². The summed E-state index contributed by atoms with van der Waals surface area (Å²) >= 11 is 0. The Balaban J connectivity index is 1.34. The van der Waals surface area contributed by atoms with Gasteiger partial charge in [-0.05, 0) is 5.56 Å². The molecule has 28 heavy (non-hydrogen) atoms. The van der Waals surface area contributed by atoms with Gasteiger partial charge in [0.1, 0.15) is 0 Å². The summed E-state index contributed by atoms with van der Waals surface area (Å²) in [7, 11) is 0. The molecule has 1 N–H and O–H groups in total. The molecule has 0 aliphatic carbocycles. The zero-order valence-electron chi connectivity index (χ0n) is 15.9. The third kappa shape index (κ3) is 5.39. The van der Waals surface area contributed by atoms with Crippen LogP contribution in [0.2, 0.25) is 0 Å². The van der Waals surface area contributed by atoms with E-state index < -0.39 is 0 Å². The highest BCUT2D eigenvalue weighted by Crippen LogP contribution is 2.13. The Labute approximate surface area is 164 Å². The summed E-state index contributed by atoms with van der Waals surface area (Å²) in [5.41, 5.74) is 1.06. The molecule has 0 atom stereocenters. The molecule has 8 nitrogen and oxygen atoms in total. The molecule has 150 valence electrons. The van der Waals surface area contributed by atoms with Gasteiger partial charge in [0.25, 0.3) is 0 Å². The fourth-order valence-electron chi connectivity index (χ4n) is 3.45. The molecule has 2 fully saturated rings. The van der Waals surface area contributed by atoms with Crippen LogP contribution < -0.4 is 5.32 Å². The van der Waals surface area contributed by atoms with Gasteiger partial charge in [-0.1, -0.05) is 30.3 Å². The zero-order valence-corrected chi connectivity index (χ0v) is 15.9. The molecule has 1 aromatic rings. The van der Waals surface area contributed by atoms with Crippen molar-refractivity contribution < 1.29 is 19.2 Å².